The van der Waals surface area contributed by atoms with Gasteiger partial charge in [-0.3, -0.25) is 9.36 Å². The summed E-state index contributed by atoms with van der Waals surface area (Å²) >= 11 is 0. The minimum atomic E-state index is -0.820. The molecular formula is C18H19N7O. The standard InChI is InChI=1S/C18H19N7O/c1-23-16(5-7-21-23)17(26)15-10-14-12-24(8-3-9-25(14)22-15)18-13(11-19)4-2-6-20-18/h2,4-7,10,17,26H,3,8-9,12H2,1H3/t17-/m0/s1. The Hall–Kier alpha value is -3.18. The maximum Gasteiger partial charge on any atom is 0.146 e. The molecule has 132 valence electrons. The highest BCUT2D eigenvalue weighted by molar-refractivity contribution is 5.53. The van der Waals surface area contributed by atoms with Crippen molar-refractivity contribution >= 4 is 5.82 Å². The summed E-state index contributed by atoms with van der Waals surface area (Å²) in [6.45, 7) is 2.16. The molecule has 8 nitrogen and oxygen atoms in total. The van der Waals surface area contributed by atoms with Crippen LogP contribution in [-0.2, 0) is 20.1 Å². The number of pyridine rings is 1. The summed E-state index contributed by atoms with van der Waals surface area (Å²) in [6.07, 6.45) is 3.43. The van der Waals surface area contributed by atoms with Crippen LogP contribution < -0.4 is 4.90 Å². The lowest BCUT2D eigenvalue weighted by Crippen LogP contribution is -2.24. The Labute approximate surface area is 150 Å². The Balaban J connectivity index is 1.64. The van der Waals surface area contributed by atoms with Gasteiger partial charge in [0.1, 0.15) is 18.0 Å². The van der Waals surface area contributed by atoms with Crippen LogP contribution in [0.2, 0.25) is 0 Å². The first-order valence-corrected chi connectivity index (χ1v) is 8.50. The molecular weight excluding hydrogens is 330 g/mol. The van der Waals surface area contributed by atoms with E-state index in [9.17, 15) is 10.4 Å². The first-order chi connectivity index (χ1) is 12.7. The van der Waals surface area contributed by atoms with Gasteiger partial charge in [-0.2, -0.15) is 15.5 Å². The fourth-order valence-corrected chi connectivity index (χ4v) is 3.34. The van der Waals surface area contributed by atoms with Gasteiger partial charge < -0.3 is 10.0 Å². The number of hydrogen-bond acceptors (Lipinski definition) is 6. The Morgan fingerprint density at radius 2 is 2.15 bits per heavy atom. The molecule has 26 heavy (non-hydrogen) atoms. The summed E-state index contributed by atoms with van der Waals surface area (Å²) < 4.78 is 3.58. The maximum absolute atomic E-state index is 10.6. The Morgan fingerprint density at radius 1 is 1.27 bits per heavy atom. The molecule has 3 aromatic rings. The number of fused-ring (bicyclic) bond motifs is 1. The zero-order chi connectivity index (χ0) is 18.1. The van der Waals surface area contributed by atoms with Gasteiger partial charge in [-0.25, -0.2) is 4.98 Å². The average molecular weight is 349 g/mol. The number of aliphatic hydroxyl groups excluding tert-OH is 1. The molecule has 0 saturated carbocycles. The first-order valence-electron chi connectivity index (χ1n) is 8.50. The molecule has 0 fully saturated rings. The summed E-state index contributed by atoms with van der Waals surface area (Å²) in [5.41, 5.74) is 2.86. The zero-order valence-electron chi connectivity index (χ0n) is 14.4. The maximum atomic E-state index is 10.6. The number of nitriles is 1. The fourth-order valence-electron chi connectivity index (χ4n) is 3.34. The molecule has 0 bridgehead atoms. The van der Waals surface area contributed by atoms with E-state index in [1.54, 1.807) is 42.3 Å². The predicted octanol–water partition coefficient (Wildman–Crippen LogP) is 1.38. The number of hydrogen-bond donors (Lipinski definition) is 1. The number of anilines is 1. The lowest BCUT2D eigenvalue weighted by atomic mass is 10.1. The van der Waals surface area contributed by atoms with Gasteiger partial charge in [-0.05, 0) is 30.7 Å². The third kappa shape index (κ3) is 2.82. The van der Waals surface area contributed by atoms with Gasteiger partial charge >= 0.3 is 0 Å². The number of aromatic nitrogens is 5. The highest BCUT2D eigenvalue weighted by atomic mass is 16.3. The quantitative estimate of drug-likeness (QED) is 0.767. The van der Waals surface area contributed by atoms with E-state index in [0.717, 1.165) is 25.2 Å². The van der Waals surface area contributed by atoms with Gasteiger partial charge in [0.15, 0.2) is 0 Å². The molecule has 1 N–H and O–H groups in total. The van der Waals surface area contributed by atoms with Crippen molar-refractivity contribution in [3.63, 3.8) is 0 Å². The van der Waals surface area contributed by atoms with Crippen LogP contribution in [0.4, 0.5) is 5.82 Å². The van der Waals surface area contributed by atoms with Gasteiger partial charge in [-0.15, -0.1) is 0 Å². The van der Waals surface area contributed by atoms with Crippen LogP contribution >= 0.6 is 0 Å². The SMILES string of the molecule is Cn1nccc1[C@@H](O)c1cc2n(n1)CCCN(c1ncccc1C#N)C2. The Morgan fingerprint density at radius 3 is 2.92 bits per heavy atom. The Bertz CT molecular complexity index is 968. The number of aliphatic hydroxyl groups is 1. The second-order valence-electron chi connectivity index (χ2n) is 6.33. The topological polar surface area (TPSA) is 95.8 Å². The normalized spacial score (nSPS) is 15.2. The van der Waals surface area contributed by atoms with Crippen molar-refractivity contribution in [3.05, 3.63) is 59.3 Å². The lowest BCUT2D eigenvalue weighted by molar-refractivity contribution is 0.203. The molecule has 1 aliphatic rings. The van der Waals surface area contributed by atoms with E-state index in [2.05, 4.69) is 26.2 Å². The Kier molecular flexibility index (Phi) is 4.14. The number of aryl methyl sites for hydroxylation is 2. The summed E-state index contributed by atoms with van der Waals surface area (Å²) in [5.74, 6) is 0.693. The molecule has 1 aliphatic heterocycles. The summed E-state index contributed by atoms with van der Waals surface area (Å²) in [5, 5.41) is 28.7. The fraction of sp³-hybridized carbons (Fsp3) is 0.333. The molecule has 0 saturated heterocycles. The third-order valence-electron chi connectivity index (χ3n) is 4.66. The lowest BCUT2D eigenvalue weighted by Gasteiger charge is -2.21. The molecule has 4 rings (SSSR count). The molecule has 0 spiro atoms. The number of rotatable bonds is 3. The van der Waals surface area contributed by atoms with Gasteiger partial charge in [0.05, 0.1) is 29.2 Å². The monoisotopic (exact) mass is 349 g/mol. The number of nitrogens with zero attached hydrogens (tertiary/aromatic N) is 7. The molecule has 0 aliphatic carbocycles. The molecule has 8 heteroatoms. The van der Waals surface area contributed by atoms with E-state index in [4.69, 9.17) is 0 Å². The molecule has 1 atom stereocenters. The first kappa shape index (κ1) is 16.3. The van der Waals surface area contributed by atoms with Crippen molar-refractivity contribution in [2.75, 3.05) is 11.4 Å². The van der Waals surface area contributed by atoms with Crippen molar-refractivity contribution < 1.29 is 5.11 Å². The van der Waals surface area contributed by atoms with Crippen LogP contribution in [0.25, 0.3) is 0 Å². The second-order valence-corrected chi connectivity index (χ2v) is 6.33. The van der Waals surface area contributed by atoms with E-state index in [-0.39, 0.29) is 0 Å². The molecule has 3 aromatic heterocycles. The third-order valence-corrected chi connectivity index (χ3v) is 4.66. The summed E-state index contributed by atoms with van der Waals surface area (Å²) in [6, 6.07) is 9.47. The largest absolute Gasteiger partial charge is 0.380 e. The van der Waals surface area contributed by atoms with Crippen LogP contribution in [0.5, 0.6) is 0 Å². The predicted molar refractivity (Wildman–Crippen MR) is 94.1 cm³/mol. The van der Waals surface area contributed by atoms with Crippen LogP contribution in [-0.4, -0.2) is 36.2 Å². The van der Waals surface area contributed by atoms with Crippen molar-refractivity contribution in [3.8, 4) is 6.07 Å². The smallest absolute Gasteiger partial charge is 0.146 e. The summed E-state index contributed by atoms with van der Waals surface area (Å²) in [4.78, 5) is 6.49. The van der Waals surface area contributed by atoms with E-state index in [1.165, 1.54) is 0 Å². The van der Waals surface area contributed by atoms with E-state index in [0.29, 0.717) is 29.3 Å². The summed E-state index contributed by atoms with van der Waals surface area (Å²) in [7, 11) is 1.80. The van der Waals surface area contributed by atoms with Crippen LogP contribution in [0.1, 0.15) is 35.2 Å². The average Bonchev–Trinajstić information content (AvgIpc) is 3.21. The van der Waals surface area contributed by atoms with Gasteiger partial charge in [0.25, 0.3) is 0 Å². The van der Waals surface area contributed by atoms with Crippen molar-refractivity contribution in [2.45, 2.75) is 25.6 Å². The van der Waals surface area contributed by atoms with E-state index in [1.807, 2.05) is 10.7 Å². The van der Waals surface area contributed by atoms with Crippen LogP contribution in [0.3, 0.4) is 0 Å². The van der Waals surface area contributed by atoms with Gasteiger partial charge in [0.2, 0.25) is 0 Å². The highest BCUT2D eigenvalue weighted by Crippen LogP contribution is 2.25. The minimum absolute atomic E-state index is 0.565. The molecule has 0 unspecified atom stereocenters. The zero-order valence-corrected chi connectivity index (χ0v) is 14.4. The molecule has 0 radical (unpaired) electrons. The molecule has 0 amide bonds. The molecule has 0 aromatic carbocycles. The highest BCUT2D eigenvalue weighted by Gasteiger charge is 2.23. The minimum Gasteiger partial charge on any atom is -0.380 e. The second kappa shape index (κ2) is 6.61. The van der Waals surface area contributed by atoms with E-state index < -0.39 is 6.10 Å². The van der Waals surface area contributed by atoms with Crippen molar-refractivity contribution in [1.29, 1.82) is 5.26 Å². The van der Waals surface area contributed by atoms with Gasteiger partial charge in [0, 0.05) is 32.5 Å². The van der Waals surface area contributed by atoms with E-state index >= 15 is 0 Å². The van der Waals surface area contributed by atoms with Crippen molar-refractivity contribution in [1.82, 2.24) is 24.5 Å². The van der Waals surface area contributed by atoms with Gasteiger partial charge in [-0.1, -0.05) is 0 Å². The van der Waals surface area contributed by atoms with Crippen LogP contribution in [0, 0.1) is 11.3 Å². The van der Waals surface area contributed by atoms with Crippen molar-refractivity contribution in [2.24, 2.45) is 7.05 Å². The van der Waals surface area contributed by atoms with Crippen LogP contribution in [0.15, 0.2) is 36.7 Å². The molecule has 4 heterocycles.